The zero-order chi connectivity index (χ0) is 20.3. The molecule has 9 heteroatoms. The van der Waals surface area contributed by atoms with Gasteiger partial charge in [0.15, 0.2) is 12.4 Å². The summed E-state index contributed by atoms with van der Waals surface area (Å²) in [6.45, 7) is 0.402. The number of benzene rings is 2. The van der Waals surface area contributed by atoms with Crippen LogP contribution in [0.25, 0.3) is 0 Å². The molecule has 0 unspecified atom stereocenters. The minimum absolute atomic E-state index is 0.110. The van der Waals surface area contributed by atoms with E-state index in [9.17, 15) is 22.4 Å². The van der Waals surface area contributed by atoms with Gasteiger partial charge in [0.05, 0.1) is 10.5 Å². The number of halogens is 2. The van der Waals surface area contributed by atoms with E-state index >= 15 is 0 Å². The van der Waals surface area contributed by atoms with Crippen molar-refractivity contribution in [3.05, 3.63) is 63.9 Å². The first-order valence-corrected chi connectivity index (χ1v) is 10.8. The van der Waals surface area contributed by atoms with Crippen LogP contribution in [-0.4, -0.2) is 44.2 Å². The fourth-order valence-corrected chi connectivity index (χ4v) is 4.71. The van der Waals surface area contributed by atoms with E-state index in [0.717, 1.165) is 18.9 Å². The van der Waals surface area contributed by atoms with Gasteiger partial charge in [-0.15, -0.1) is 0 Å². The van der Waals surface area contributed by atoms with Crippen molar-refractivity contribution in [2.75, 3.05) is 19.7 Å². The van der Waals surface area contributed by atoms with Gasteiger partial charge >= 0.3 is 5.97 Å². The topological polar surface area (TPSA) is 80.8 Å². The third-order valence-corrected chi connectivity index (χ3v) is 6.77. The Bertz CT molecular complexity index is 1000. The highest BCUT2D eigenvalue weighted by Crippen LogP contribution is 2.21. The van der Waals surface area contributed by atoms with E-state index in [2.05, 4.69) is 15.9 Å². The second-order valence-electron chi connectivity index (χ2n) is 6.26. The van der Waals surface area contributed by atoms with Crippen molar-refractivity contribution in [2.24, 2.45) is 0 Å². The number of Topliss-reactive ketones (excluding diaryl/α,β-unsaturated/α-hetero) is 1. The highest BCUT2D eigenvalue weighted by atomic mass is 79.9. The Balaban J connectivity index is 1.65. The Morgan fingerprint density at radius 1 is 1.07 bits per heavy atom. The molecule has 0 N–H and O–H groups in total. The van der Waals surface area contributed by atoms with Gasteiger partial charge in [-0.2, -0.15) is 4.31 Å². The van der Waals surface area contributed by atoms with Crippen molar-refractivity contribution in [1.29, 1.82) is 0 Å². The van der Waals surface area contributed by atoms with Crippen LogP contribution in [0.3, 0.4) is 0 Å². The zero-order valence-corrected chi connectivity index (χ0v) is 17.1. The van der Waals surface area contributed by atoms with Crippen molar-refractivity contribution >= 4 is 37.7 Å². The van der Waals surface area contributed by atoms with Gasteiger partial charge in [-0.25, -0.2) is 17.6 Å². The lowest BCUT2D eigenvalue weighted by Gasteiger charge is -2.15. The number of sulfonamides is 1. The summed E-state index contributed by atoms with van der Waals surface area (Å²) in [7, 11) is -3.56. The van der Waals surface area contributed by atoms with Gasteiger partial charge in [0.2, 0.25) is 10.0 Å². The number of esters is 1. The van der Waals surface area contributed by atoms with Crippen molar-refractivity contribution in [2.45, 2.75) is 17.7 Å². The lowest BCUT2D eigenvalue weighted by molar-refractivity contribution is 0.0470. The number of hydrogen-bond donors (Lipinski definition) is 0. The maximum absolute atomic E-state index is 13.7. The van der Waals surface area contributed by atoms with Gasteiger partial charge in [-0.1, -0.05) is 15.9 Å². The first-order chi connectivity index (χ1) is 13.3. The Morgan fingerprint density at radius 3 is 2.36 bits per heavy atom. The molecule has 28 heavy (non-hydrogen) atoms. The maximum atomic E-state index is 13.7. The molecule has 148 valence electrons. The molecule has 2 aromatic carbocycles. The van der Waals surface area contributed by atoms with E-state index in [4.69, 9.17) is 4.74 Å². The minimum atomic E-state index is -3.56. The molecule has 0 atom stereocenters. The van der Waals surface area contributed by atoms with Crippen LogP contribution in [0.1, 0.15) is 33.6 Å². The predicted molar refractivity (Wildman–Crippen MR) is 103 cm³/mol. The van der Waals surface area contributed by atoms with Crippen LogP contribution in [0.2, 0.25) is 0 Å². The number of hydrogen-bond acceptors (Lipinski definition) is 5. The molecule has 6 nitrogen and oxygen atoms in total. The molecular weight excluding hydrogens is 453 g/mol. The Hall–Kier alpha value is -2.10. The molecule has 1 aliphatic heterocycles. The standard InChI is InChI=1S/C19H17BrFNO5S/c20-14-5-8-17(21)16(11-14)19(24)27-12-18(23)13-3-6-15(7-4-13)28(25,26)22-9-1-2-10-22/h3-8,11H,1-2,9-10,12H2. The minimum Gasteiger partial charge on any atom is -0.454 e. The van der Waals surface area contributed by atoms with E-state index in [1.807, 2.05) is 0 Å². The summed E-state index contributed by atoms with van der Waals surface area (Å²) in [6.07, 6.45) is 1.67. The van der Waals surface area contributed by atoms with Gasteiger partial charge in [0, 0.05) is 23.1 Å². The monoisotopic (exact) mass is 469 g/mol. The van der Waals surface area contributed by atoms with Crippen molar-refractivity contribution in [1.82, 2.24) is 4.31 Å². The van der Waals surface area contributed by atoms with Crippen LogP contribution in [0.4, 0.5) is 4.39 Å². The molecule has 2 aromatic rings. The SMILES string of the molecule is O=C(COC(=O)c1cc(Br)ccc1F)c1ccc(S(=O)(=O)N2CCCC2)cc1. The lowest BCUT2D eigenvalue weighted by atomic mass is 10.1. The van der Waals surface area contributed by atoms with Crippen LogP contribution in [0.15, 0.2) is 51.8 Å². The Morgan fingerprint density at radius 2 is 1.71 bits per heavy atom. The average Bonchev–Trinajstić information content (AvgIpc) is 3.23. The van der Waals surface area contributed by atoms with Crippen molar-refractivity contribution in [3.63, 3.8) is 0 Å². The van der Waals surface area contributed by atoms with Gasteiger partial charge in [0.25, 0.3) is 0 Å². The predicted octanol–water partition coefficient (Wildman–Crippen LogP) is 3.41. The van der Waals surface area contributed by atoms with Crippen LogP contribution in [-0.2, 0) is 14.8 Å². The molecule has 0 amide bonds. The molecule has 0 spiro atoms. The molecule has 3 rings (SSSR count). The quantitative estimate of drug-likeness (QED) is 0.478. The fourth-order valence-electron chi connectivity index (χ4n) is 2.84. The number of ether oxygens (including phenoxy) is 1. The number of carbonyl (C=O) groups excluding carboxylic acids is 2. The number of carbonyl (C=O) groups is 2. The fraction of sp³-hybridized carbons (Fsp3) is 0.263. The number of ketones is 1. The summed E-state index contributed by atoms with van der Waals surface area (Å²) >= 11 is 3.13. The van der Waals surface area contributed by atoms with Crippen LogP contribution in [0.5, 0.6) is 0 Å². The van der Waals surface area contributed by atoms with E-state index < -0.39 is 34.2 Å². The summed E-state index contributed by atoms with van der Waals surface area (Å²) in [4.78, 5) is 24.3. The van der Waals surface area contributed by atoms with E-state index in [1.165, 1.54) is 40.7 Å². The zero-order valence-electron chi connectivity index (χ0n) is 14.7. The molecule has 0 aromatic heterocycles. The summed E-state index contributed by atoms with van der Waals surface area (Å²) in [5.74, 6) is -2.23. The highest BCUT2D eigenvalue weighted by Gasteiger charge is 2.27. The number of rotatable bonds is 6. The van der Waals surface area contributed by atoms with Crippen molar-refractivity contribution in [3.8, 4) is 0 Å². The third-order valence-electron chi connectivity index (χ3n) is 4.36. The smallest absolute Gasteiger partial charge is 0.341 e. The van der Waals surface area contributed by atoms with Crippen LogP contribution >= 0.6 is 15.9 Å². The van der Waals surface area contributed by atoms with Crippen LogP contribution in [0, 0.1) is 5.82 Å². The van der Waals surface area contributed by atoms with E-state index in [1.54, 1.807) is 0 Å². The maximum Gasteiger partial charge on any atom is 0.341 e. The molecule has 0 bridgehead atoms. The average molecular weight is 470 g/mol. The Kier molecular flexibility index (Phi) is 6.26. The molecular formula is C19H17BrFNO5S. The summed E-state index contributed by atoms with van der Waals surface area (Å²) in [6, 6.07) is 9.28. The number of nitrogens with zero attached hydrogens (tertiary/aromatic N) is 1. The molecule has 1 fully saturated rings. The van der Waals surface area contributed by atoms with Crippen molar-refractivity contribution < 1.29 is 27.1 Å². The van der Waals surface area contributed by atoms with Gasteiger partial charge in [0.1, 0.15) is 5.82 Å². The summed E-state index contributed by atoms with van der Waals surface area (Å²) < 4.78 is 45.4. The molecule has 0 radical (unpaired) electrons. The van der Waals surface area contributed by atoms with Crippen LogP contribution < -0.4 is 0 Å². The first kappa shape index (κ1) is 20.6. The summed E-state index contributed by atoms with van der Waals surface area (Å²) in [5, 5.41) is 0. The first-order valence-electron chi connectivity index (χ1n) is 8.54. The normalized spacial score (nSPS) is 14.8. The molecule has 1 heterocycles. The second kappa shape index (κ2) is 8.50. The van der Waals surface area contributed by atoms with Gasteiger partial charge < -0.3 is 4.74 Å². The molecule has 0 saturated carbocycles. The van der Waals surface area contributed by atoms with E-state index in [0.29, 0.717) is 17.6 Å². The summed E-state index contributed by atoms with van der Waals surface area (Å²) in [5.41, 5.74) is -0.0860. The van der Waals surface area contributed by atoms with Gasteiger partial charge in [-0.3, -0.25) is 4.79 Å². The van der Waals surface area contributed by atoms with Gasteiger partial charge in [-0.05, 0) is 55.3 Å². The van der Waals surface area contributed by atoms with E-state index in [-0.39, 0.29) is 16.0 Å². The molecule has 1 saturated heterocycles. The lowest BCUT2D eigenvalue weighted by Crippen LogP contribution is -2.27. The molecule has 0 aliphatic carbocycles. The third kappa shape index (κ3) is 4.48. The second-order valence-corrected chi connectivity index (χ2v) is 9.11. The highest BCUT2D eigenvalue weighted by molar-refractivity contribution is 9.10. The largest absolute Gasteiger partial charge is 0.454 e. The molecule has 1 aliphatic rings. The Labute approximate surface area is 170 Å².